The number of hydrogen-bond acceptors (Lipinski definition) is 5. The van der Waals surface area contributed by atoms with Crippen molar-refractivity contribution in [3.8, 4) is 11.3 Å². The third-order valence-electron chi connectivity index (χ3n) is 4.76. The Kier molecular flexibility index (Phi) is 6.42. The first kappa shape index (κ1) is 22.5. The van der Waals surface area contributed by atoms with Crippen molar-refractivity contribution in [2.45, 2.75) is 33.2 Å². The van der Waals surface area contributed by atoms with Crippen molar-refractivity contribution >= 4 is 17.3 Å². The Morgan fingerprint density at radius 2 is 1.90 bits per heavy atom. The highest BCUT2D eigenvalue weighted by Gasteiger charge is 2.25. The van der Waals surface area contributed by atoms with E-state index in [4.69, 9.17) is 4.74 Å². The van der Waals surface area contributed by atoms with Crippen molar-refractivity contribution < 1.29 is 19.1 Å². The number of nitrogens with one attached hydrogen (secondary N) is 1. The molecule has 0 unspecified atom stereocenters. The fourth-order valence-corrected chi connectivity index (χ4v) is 3.26. The van der Waals surface area contributed by atoms with Gasteiger partial charge in [-0.15, -0.1) is 0 Å². The summed E-state index contributed by atoms with van der Waals surface area (Å²) < 4.78 is 20.2. The van der Waals surface area contributed by atoms with Crippen LogP contribution in [0.3, 0.4) is 0 Å². The Hall–Kier alpha value is -3.23. The van der Waals surface area contributed by atoms with Crippen LogP contribution < -0.4 is 10.4 Å². The summed E-state index contributed by atoms with van der Waals surface area (Å²) in [6.45, 7) is 7.77. The Balaban J connectivity index is 1.98. The van der Waals surface area contributed by atoms with Crippen LogP contribution in [-0.2, 0) is 10.3 Å². The van der Waals surface area contributed by atoms with E-state index in [0.717, 1.165) is 10.6 Å². The van der Waals surface area contributed by atoms with E-state index in [9.17, 15) is 14.4 Å². The van der Waals surface area contributed by atoms with E-state index in [1.165, 1.54) is 25.4 Å². The molecule has 0 atom stereocenters. The first-order valence-corrected chi connectivity index (χ1v) is 9.83. The molecule has 0 saturated heterocycles. The molecule has 0 radical (unpaired) electrons. The quantitative estimate of drug-likeness (QED) is 0.437. The highest BCUT2D eigenvalue weighted by molar-refractivity contribution is 6.08. The molecule has 8 heteroatoms. The molecule has 1 amide bonds. The maximum absolute atomic E-state index is 13.5. The zero-order chi connectivity index (χ0) is 22.8. The van der Waals surface area contributed by atoms with Gasteiger partial charge in [0, 0.05) is 18.4 Å². The molecule has 0 bridgehead atoms. The number of anilines is 2. The molecular weight excluding hydrogens is 399 g/mol. The Morgan fingerprint density at radius 3 is 2.52 bits per heavy atom. The monoisotopic (exact) mass is 426 g/mol. The predicted octanol–water partition coefficient (Wildman–Crippen LogP) is 4.80. The average molecular weight is 426 g/mol. The first-order valence-electron chi connectivity index (χ1n) is 9.83. The van der Waals surface area contributed by atoms with Gasteiger partial charge in [-0.3, -0.25) is 14.7 Å². The van der Waals surface area contributed by atoms with Crippen molar-refractivity contribution in [2.75, 3.05) is 24.2 Å². The fourth-order valence-electron chi connectivity index (χ4n) is 3.26. The molecule has 0 aliphatic carbocycles. The van der Waals surface area contributed by atoms with Crippen LogP contribution in [-0.4, -0.2) is 34.7 Å². The third-order valence-corrected chi connectivity index (χ3v) is 4.76. The summed E-state index contributed by atoms with van der Waals surface area (Å²) in [7, 11) is 1.48. The minimum atomic E-state index is -0.392. The molecule has 1 aromatic heterocycles. The molecule has 3 aromatic rings. The van der Waals surface area contributed by atoms with E-state index in [-0.39, 0.29) is 18.5 Å². The Bertz CT molecular complexity index is 1070. The van der Waals surface area contributed by atoms with Crippen molar-refractivity contribution in [1.82, 2.24) is 9.78 Å². The molecule has 0 fully saturated rings. The number of benzene rings is 2. The lowest BCUT2D eigenvalue weighted by Gasteiger charge is -2.23. The van der Waals surface area contributed by atoms with Crippen molar-refractivity contribution in [1.29, 1.82) is 0 Å². The lowest BCUT2D eigenvalue weighted by molar-refractivity contribution is 0.102. The molecular formula is C23H27FN4O3. The molecule has 164 valence electrons. The second-order valence-electron chi connectivity index (χ2n) is 8.27. The minimum absolute atomic E-state index is 0.00862. The van der Waals surface area contributed by atoms with E-state index in [0.29, 0.717) is 28.2 Å². The average Bonchev–Trinajstić information content (AvgIpc) is 3.16. The van der Waals surface area contributed by atoms with Gasteiger partial charge in [0.05, 0.1) is 28.7 Å². The number of carbonyl (C=O) groups excluding carboxylic acids is 1. The van der Waals surface area contributed by atoms with Crippen molar-refractivity contribution in [3.63, 3.8) is 0 Å². The number of aryl methyl sites for hydroxylation is 1. The van der Waals surface area contributed by atoms with Gasteiger partial charge in [0.15, 0.2) is 0 Å². The van der Waals surface area contributed by atoms with E-state index >= 15 is 0 Å². The molecule has 1 heterocycles. The van der Waals surface area contributed by atoms with Gasteiger partial charge in [0.2, 0.25) is 0 Å². The van der Waals surface area contributed by atoms with E-state index < -0.39 is 5.54 Å². The van der Waals surface area contributed by atoms with E-state index in [2.05, 4.69) is 10.4 Å². The van der Waals surface area contributed by atoms with Crippen LogP contribution in [0.1, 0.15) is 36.7 Å². The number of amides is 1. The first-order chi connectivity index (χ1) is 14.6. The molecule has 2 N–H and O–H groups in total. The van der Waals surface area contributed by atoms with Crippen LogP contribution in [0.2, 0.25) is 0 Å². The summed E-state index contributed by atoms with van der Waals surface area (Å²) in [5, 5.41) is 18.4. The topological polar surface area (TPSA) is 79.6 Å². The van der Waals surface area contributed by atoms with Crippen molar-refractivity contribution in [3.05, 3.63) is 65.6 Å². The van der Waals surface area contributed by atoms with Gasteiger partial charge >= 0.3 is 0 Å². The molecule has 2 aromatic carbocycles. The highest BCUT2D eigenvalue weighted by Crippen LogP contribution is 2.30. The van der Waals surface area contributed by atoms with Crippen molar-refractivity contribution in [2.24, 2.45) is 0 Å². The third kappa shape index (κ3) is 4.92. The molecule has 31 heavy (non-hydrogen) atoms. The fraction of sp³-hybridized carbons (Fsp3) is 0.304. The number of rotatable bonds is 6. The number of hydroxylamine groups is 1. The zero-order valence-corrected chi connectivity index (χ0v) is 18.3. The molecule has 0 aliphatic heterocycles. The van der Waals surface area contributed by atoms with Gasteiger partial charge in [0.1, 0.15) is 12.5 Å². The SMILES string of the molecule is COCN(O)c1cc(NC(=O)c2cnn(C(C)(C)C)c2-c2ccc(F)cc2)ccc1C. The summed E-state index contributed by atoms with van der Waals surface area (Å²) in [5.74, 6) is -0.714. The van der Waals surface area contributed by atoms with Crippen LogP contribution in [0.15, 0.2) is 48.7 Å². The molecule has 7 nitrogen and oxygen atoms in total. The summed E-state index contributed by atoms with van der Waals surface area (Å²) in [5.41, 5.74) is 3.10. The maximum atomic E-state index is 13.5. The second-order valence-corrected chi connectivity index (χ2v) is 8.27. The van der Waals surface area contributed by atoms with Crippen LogP contribution in [0.5, 0.6) is 0 Å². The smallest absolute Gasteiger partial charge is 0.259 e. The number of halogens is 1. The number of nitrogens with zero attached hydrogens (tertiary/aromatic N) is 3. The van der Waals surface area contributed by atoms with Gasteiger partial charge in [-0.25, -0.2) is 9.45 Å². The van der Waals surface area contributed by atoms with Gasteiger partial charge in [-0.1, -0.05) is 6.07 Å². The molecule has 0 aliphatic rings. The normalized spacial score (nSPS) is 11.5. The maximum Gasteiger partial charge on any atom is 0.259 e. The number of hydrogen-bond donors (Lipinski definition) is 2. The molecule has 3 rings (SSSR count). The van der Waals surface area contributed by atoms with Gasteiger partial charge < -0.3 is 10.1 Å². The predicted molar refractivity (Wildman–Crippen MR) is 118 cm³/mol. The largest absolute Gasteiger partial charge is 0.362 e. The number of methoxy groups -OCH3 is 1. The van der Waals surface area contributed by atoms with Gasteiger partial charge in [-0.05, 0) is 69.7 Å². The molecule has 0 spiro atoms. The van der Waals surface area contributed by atoms with Crippen LogP contribution in [0, 0.1) is 12.7 Å². The Morgan fingerprint density at radius 1 is 1.23 bits per heavy atom. The lowest BCUT2D eigenvalue weighted by atomic mass is 10.0. The lowest BCUT2D eigenvalue weighted by Crippen LogP contribution is -2.25. The van der Waals surface area contributed by atoms with E-state index in [1.807, 2.05) is 27.7 Å². The summed E-state index contributed by atoms with van der Waals surface area (Å²) in [6.07, 6.45) is 1.51. The number of aromatic nitrogens is 2. The summed E-state index contributed by atoms with van der Waals surface area (Å²) in [6, 6.07) is 11.2. The number of carbonyl (C=O) groups is 1. The zero-order valence-electron chi connectivity index (χ0n) is 18.3. The highest BCUT2D eigenvalue weighted by atomic mass is 19.1. The summed E-state index contributed by atoms with van der Waals surface area (Å²) >= 11 is 0. The standard InChI is InChI=1S/C23H27FN4O3/c1-15-6-11-18(12-20(15)27(30)14-31-5)26-22(29)19-13-25-28(23(2,3)4)21(19)16-7-9-17(24)10-8-16/h6-13,30H,14H2,1-5H3,(H,26,29). The van der Waals surface area contributed by atoms with Gasteiger partial charge in [0.25, 0.3) is 5.91 Å². The minimum Gasteiger partial charge on any atom is -0.362 e. The van der Waals surface area contributed by atoms with Crippen LogP contribution >= 0.6 is 0 Å². The van der Waals surface area contributed by atoms with Gasteiger partial charge in [-0.2, -0.15) is 5.10 Å². The Labute approximate surface area is 181 Å². The van der Waals surface area contributed by atoms with Crippen LogP contribution in [0.25, 0.3) is 11.3 Å². The summed E-state index contributed by atoms with van der Waals surface area (Å²) in [4.78, 5) is 13.2. The second kappa shape index (κ2) is 8.87. The molecule has 0 saturated carbocycles. The number of ether oxygens (including phenoxy) is 1. The van der Waals surface area contributed by atoms with E-state index in [1.54, 1.807) is 35.0 Å². The van der Waals surface area contributed by atoms with Crippen LogP contribution in [0.4, 0.5) is 15.8 Å².